The zero-order valence-corrected chi connectivity index (χ0v) is 12.7. The third-order valence-electron chi connectivity index (χ3n) is 4.49. The molecule has 23 heavy (non-hydrogen) atoms. The molecule has 2 atom stereocenters. The second kappa shape index (κ2) is 6.14. The number of carbonyl (C=O) groups excluding carboxylic acids is 1. The summed E-state index contributed by atoms with van der Waals surface area (Å²) in [5.74, 6) is 0.263. The molecule has 1 N–H and O–H groups in total. The topological polar surface area (TPSA) is 57.5 Å². The van der Waals surface area contributed by atoms with Crippen LogP contribution in [0.5, 0.6) is 0 Å². The Kier molecular flexibility index (Phi) is 3.85. The number of carbonyl (C=O) groups is 1. The van der Waals surface area contributed by atoms with Crippen molar-refractivity contribution in [2.75, 3.05) is 13.2 Å². The molecule has 0 aliphatic carbocycles. The van der Waals surface area contributed by atoms with Crippen LogP contribution in [0.25, 0.3) is 0 Å². The van der Waals surface area contributed by atoms with Gasteiger partial charge in [0.25, 0.3) is 0 Å². The molecule has 4 heteroatoms. The van der Waals surface area contributed by atoms with Crippen molar-refractivity contribution < 1.29 is 14.3 Å². The summed E-state index contributed by atoms with van der Waals surface area (Å²) in [5.41, 5.74) is 1.97. The van der Waals surface area contributed by atoms with Gasteiger partial charge in [0, 0.05) is 12.0 Å². The van der Waals surface area contributed by atoms with E-state index < -0.39 is 0 Å². The third kappa shape index (κ3) is 3.00. The normalized spacial score (nSPS) is 23.3. The Hall–Kier alpha value is -2.17. The molecule has 2 unspecified atom stereocenters. The molecular weight excluding hydrogens is 290 g/mol. The largest absolute Gasteiger partial charge is 0.451 e. The van der Waals surface area contributed by atoms with Crippen molar-refractivity contribution in [1.29, 1.82) is 0 Å². The Morgan fingerprint density at radius 2 is 1.57 bits per heavy atom. The van der Waals surface area contributed by atoms with Crippen LogP contribution in [0, 0.1) is 5.92 Å². The molecule has 2 aromatic rings. The Bertz CT molecular complexity index is 630. The fourth-order valence-electron chi connectivity index (χ4n) is 3.01. The predicted octanol–water partition coefficient (Wildman–Crippen LogP) is 2.31. The van der Waals surface area contributed by atoms with E-state index in [4.69, 9.17) is 9.47 Å². The maximum atomic E-state index is 12.5. The van der Waals surface area contributed by atoms with Gasteiger partial charge in [0.1, 0.15) is 6.04 Å². The lowest BCUT2D eigenvalue weighted by atomic mass is 10.0. The average molecular weight is 309 g/mol. The molecule has 0 bridgehead atoms. The van der Waals surface area contributed by atoms with Gasteiger partial charge in [0.2, 0.25) is 0 Å². The number of nitrogens with one attached hydrogen (secondary N) is 1. The van der Waals surface area contributed by atoms with E-state index in [0.717, 1.165) is 24.3 Å². The van der Waals surface area contributed by atoms with Crippen LogP contribution in [0.4, 0.5) is 0 Å². The van der Waals surface area contributed by atoms with E-state index in [0.29, 0.717) is 5.92 Å². The van der Waals surface area contributed by atoms with Gasteiger partial charge in [-0.1, -0.05) is 60.7 Å². The number of hydrogen-bond donors (Lipinski definition) is 1. The minimum Gasteiger partial charge on any atom is -0.451 e. The molecule has 2 fully saturated rings. The second-order valence-corrected chi connectivity index (χ2v) is 6.11. The smallest absolute Gasteiger partial charge is 0.325 e. The fraction of sp³-hybridized carbons (Fsp3) is 0.316. The molecule has 2 saturated heterocycles. The van der Waals surface area contributed by atoms with E-state index in [9.17, 15) is 4.79 Å². The lowest BCUT2D eigenvalue weighted by molar-refractivity contribution is -0.147. The van der Waals surface area contributed by atoms with E-state index in [1.807, 2.05) is 60.7 Å². The lowest BCUT2D eigenvalue weighted by Crippen LogP contribution is -2.34. The van der Waals surface area contributed by atoms with Crippen molar-refractivity contribution in [2.24, 2.45) is 5.92 Å². The quantitative estimate of drug-likeness (QED) is 0.680. The molecule has 0 radical (unpaired) electrons. The molecule has 0 amide bonds. The average Bonchev–Trinajstić information content (AvgIpc) is 3.32. The summed E-state index contributed by atoms with van der Waals surface area (Å²) in [6.07, 6.45) is -0.370. The summed E-state index contributed by atoms with van der Waals surface area (Å²) in [6, 6.07) is 19.7. The van der Waals surface area contributed by atoms with E-state index in [2.05, 4.69) is 5.32 Å². The SMILES string of the molecule is O=C(OC(c1ccccc1)c1ccccc1)C1NC1C1COC1. The standard InChI is InChI=1S/C19H19NO3/c21-19(17-16(20-17)15-11-22-12-15)23-18(13-7-3-1-4-8-13)14-9-5-2-6-10-14/h1-10,15-18,20H,11-12H2. The molecule has 118 valence electrons. The molecule has 2 aliphatic heterocycles. The third-order valence-corrected chi connectivity index (χ3v) is 4.49. The number of benzene rings is 2. The highest BCUT2D eigenvalue weighted by atomic mass is 16.5. The van der Waals surface area contributed by atoms with E-state index in [1.54, 1.807) is 0 Å². The van der Waals surface area contributed by atoms with Gasteiger partial charge in [-0.2, -0.15) is 0 Å². The van der Waals surface area contributed by atoms with Crippen LogP contribution in [-0.4, -0.2) is 31.3 Å². The summed E-state index contributed by atoms with van der Waals surface area (Å²) in [7, 11) is 0. The first-order chi connectivity index (χ1) is 11.3. The molecule has 4 rings (SSSR count). The predicted molar refractivity (Wildman–Crippen MR) is 85.8 cm³/mol. The number of ether oxygens (including phenoxy) is 2. The maximum absolute atomic E-state index is 12.5. The minimum atomic E-state index is -0.370. The molecule has 0 saturated carbocycles. The van der Waals surface area contributed by atoms with Crippen LogP contribution >= 0.6 is 0 Å². The summed E-state index contributed by atoms with van der Waals surface area (Å²) in [6.45, 7) is 1.48. The molecule has 4 nitrogen and oxygen atoms in total. The monoisotopic (exact) mass is 309 g/mol. The first-order valence-electron chi connectivity index (χ1n) is 7.97. The Balaban J connectivity index is 1.51. The van der Waals surface area contributed by atoms with Crippen LogP contribution in [0.1, 0.15) is 17.2 Å². The minimum absolute atomic E-state index is 0.181. The van der Waals surface area contributed by atoms with Crippen molar-refractivity contribution in [2.45, 2.75) is 18.2 Å². The maximum Gasteiger partial charge on any atom is 0.325 e. The van der Waals surface area contributed by atoms with E-state index in [1.165, 1.54) is 0 Å². The lowest BCUT2D eigenvalue weighted by Gasteiger charge is -2.25. The number of hydrogen-bond acceptors (Lipinski definition) is 4. The van der Waals surface area contributed by atoms with Crippen molar-refractivity contribution in [3.8, 4) is 0 Å². The van der Waals surface area contributed by atoms with Crippen molar-refractivity contribution >= 4 is 5.97 Å². The van der Waals surface area contributed by atoms with Gasteiger partial charge in [0.05, 0.1) is 13.2 Å². The summed E-state index contributed by atoms with van der Waals surface area (Å²) in [4.78, 5) is 12.5. The summed E-state index contributed by atoms with van der Waals surface area (Å²) >= 11 is 0. The molecule has 0 spiro atoms. The van der Waals surface area contributed by atoms with Crippen LogP contribution in [-0.2, 0) is 14.3 Å². The Morgan fingerprint density at radius 3 is 2.04 bits per heavy atom. The highest BCUT2D eigenvalue weighted by Gasteiger charge is 2.51. The zero-order chi connectivity index (χ0) is 15.6. The zero-order valence-electron chi connectivity index (χ0n) is 12.7. The molecule has 0 aromatic heterocycles. The highest BCUT2D eigenvalue weighted by Crippen LogP contribution is 2.31. The van der Waals surface area contributed by atoms with Crippen molar-refractivity contribution in [1.82, 2.24) is 5.32 Å². The molecule has 2 aliphatic rings. The summed E-state index contributed by atoms with van der Waals surface area (Å²) < 4.78 is 11.0. The van der Waals surface area contributed by atoms with Gasteiger partial charge in [-0.25, -0.2) is 0 Å². The van der Waals surface area contributed by atoms with Gasteiger partial charge in [-0.15, -0.1) is 0 Å². The number of esters is 1. The van der Waals surface area contributed by atoms with Gasteiger partial charge in [-0.05, 0) is 11.1 Å². The summed E-state index contributed by atoms with van der Waals surface area (Å²) in [5, 5.41) is 3.22. The van der Waals surface area contributed by atoms with Crippen LogP contribution in [0.2, 0.25) is 0 Å². The molecular formula is C19H19NO3. The molecule has 2 heterocycles. The van der Waals surface area contributed by atoms with Crippen LogP contribution in [0.15, 0.2) is 60.7 Å². The van der Waals surface area contributed by atoms with Crippen molar-refractivity contribution in [3.63, 3.8) is 0 Å². The fourth-order valence-corrected chi connectivity index (χ4v) is 3.01. The highest BCUT2D eigenvalue weighted by molar-refractivity contribution is 5.81. The number of rotatable bonds is 5. The Morgan fingerprint density at radius 1 is 1.00 bits per heavy atom. The first kappa shape index (κ1) is 14.4. The van der Waals surface area contributed by atoms with Gasteiger partial charge in [-0.3, -0.25) is 10.1 Å². The van der Waals surface area contributed by atoms with E-state index >= 15 is 0 Å². The van der Waals surface area contributed by atoms with Crippen LogP contribution < -0.4 is 5.32 Å². The second-order valence-electron chi connectivity index (χ2n) is 6.11. The van der Waals surface area contributed by atoms with Gasteiger partial charge in [0.15, 0.2) is 6.10 Å². The molecule has 2 aromatic carbocycles. The van der Waals surface area contributed by atoms with Gasteiger partial charge >= 0.3 is 5.97 Å². The van der Waals surface area contributed by atoms with Crippen molar-refractivity contribution in [3.05, 3.63) is 71.8 Å². The van der Waals surface area contributed by atoms with Crippen LogP contribution in [0.3, 0.4) is 0 Å². The Labute approximate surface area is 135 Å². The first-order valence-corrected chi connectivity index (χ1v) is 7.97. The van der Waals surface area contributed by atoms with Gasteiger partial charge < -0.3 is 9.47 Å². The van der Waals surface area contributed by atoms with E-state index in [-0.39, 0.29) is 24.2 Å².